The van der Waals surface area contributed by atoms with Crippen molar-refractivity contribution in [3.63, 3.8) is 0 Å². The summed E-state index contributed by atoms with van der Waals surface area (Å²) in [6.45, 7) is 2.04. The van der Waals surface area contributed by atoms with Crippen LogP contribution in [0.25, 0.3) is 5.78 Å². The molecule has 15 heteroatoms. The molecule has 45 heavy (non-hydrogen) atoms. The number of amides is 2. The molecule has 2 aromatic heterocycles. The molecule has 7 N–H and O–H groups in total. The number of benzene rings is 2. The van der Waals surface area contributed by atoms with Crippen LogP contribution in [0, 0.1) is 6.92 Å². The minimum absolute atomic E-state index is 0.0779. The maximum Gasteiger partial charge on any atom is 0.363 e. The van der Waals surface area contributed by atoms with Gasteiger partial charge < -0.3 is 26.8 Å². The highest BCUT2D eigenvalue weighted by Crippen LogP contribution is 2.34. The molecule has 228 valence electrons. The fraction of sp³-hybridized carbons (Fsp3) is 0.200. The highest BCUT2D eigenvalue weighted by atomic mass is 16.4. The van der Waals surface area contributed by atoms with E-state index in [1.165, 1.54) is 12.1 Å². The van der Waals surface area contributed by atoms with Gasteiger partial charge in [0.2, 0.25) is 0 Å². The van der Waals surface area contributed by atoms with Crippen LogP contribution in [-0.2, 0) is 19.5 Å². The molecule has 15 nitrogen and oxygen atoms in total. The summed E-state index contributed by atoms with van der Waals surface area (Å²) in [6, 6.07) is 11.2. The Bertz CT molecular complexity index is 2170. The van der Waals surface area contributed by atoms with Gasteiger partial charge in [0.25, 0.3) is 28.4 Å². The van der Waals surface area contributed by atoms with Gasteiger partial charge in [0.05, 0.1) is 11.6 Å². The number of hydrogen-bond donors (Lipinski definition) is 6. The first kappa shape index (κ1) is 29.0. The number of aromatic nitrogens is 4. The second kappa shape index (κ2) is 11.2. The third kappa shape index (κ3) is 5.30. The lowest BCUT2D eigenvalue weighted by atomic mass is 9.98. The molecule has 0 saturated heterocycles. The predicted octanol–water partition coefficient (Wildman–Crippen LogP) is 0.562. The van der Waals surface area contributed by atoms with Gasteiger partial charge in [0.1, 0.15) is 22.8 Å². The third-order valence-electron chi connectivity index (χ3n) is 7.90. The molecule has 1 atom stereocenters. The number of carboxylic acid groups (broad SMARTS) is 1. The van der Waals surface area contributed by atoms with E-state index in [9.17, 15) is 33.9 Å². The number of carbonyl (C=O) groups excluding carboxylic acids is 2. The van der Waals surface area contributed by atoms with Crippen molar-refractivity contribution in [3.8, 4) is 0 Å². The average molecular weight is 611 g/mol. The van der Waals surface area contributed by atoms with E-state index in [-0.39, 0.29) is 47.2 Å². The van der Waals surface area contributed by atoms with E-state index in [0.29, 0.717) is 24.0 Å². The number of hydrogen-bond acceptors (Lipinski definition) is 10. The number of nitrogens with one attached hydrogen (secondary N) is 4. The zero-order valence-electron chi connectivity index (χ0n) is 23.8. The zero-order chi connectivity index (χ0) is 32.0. The monoisotopic (exact) mass is 610 g/mol. The van der Waals surface area contributed by atoms with Crippen LogP contribution in [0.15, 0.2) is 56.8 Å². The van der Waals surface area contributed by atoms with Crippen LogP contribution in [0.2, 0.25) is 0 Å². The number of carboxylic acids is 1. The van der Waals surface area contributed by atoms with Gasteiger partial charge in [0.15, 0.2) is 0 Å². The number of H-pyrrole nitrogens is 1. The molecular weight excluding hydrogens is 584 g/mol. The Morgan fingerprint density at radius 2 is 1.78 bits per heavy atom. The summed E-state index contributed by atoms with van der Waals surface area (Å²) in [5.41, 5.74) is 7.21. The molecule has 2 amide bonds. The molecular formula is C30H26N8O7. The average Bonchev–Trinajstić information content (AvgIpc) is 3.62. The number of aromatic carboxylic acids is 1. The number of fused-ring (bicyclic) bond motifs is 2. The van der Waals surface area contributed by atoms with Gasteiger partial charge in [-0.2, -0.15) is 4.98 Å². The van der Waals surface area contributed by atoms with E-state index < -0.39 is 40.4 Å². The fourth-order valence-corrected chi connectivity index (χ4v) is 5.56. The largest absolute Gasteiger partial charge is 0.478 e. The second-order valence-corrected chi connectivity index (χ2v) is 10.7. The number of rotatable bonds is 9. The summed E-state index contributed by atoms with van der Waals surface area (Å²) in [4.78, 5) is 81.1. The van der Waals surface area contributed by atoms with E-state index in [0.717, 1.165) is 21.2 Å². The molecule has 3 aromatic carbocycles. The molecule has 0 bridgehead atoms. The van der Waals surface area contributed by atoms with Gasteiger partial charge in [-0.3, -0.25) is 19.2 Å². The Morgan fingerprint density at radius 1 is 1.02 bits per heavy atom. The van der Waals surface area contributed by atoms with Crippen LogP contribution in [-0.4, -0.2) is 42.5 Å². The molecule has 5 aromatic rings. The van der Waals surface area contributed by atoms with Crippen molar-refractivity contribution in [2.24, 2.45) is 0 Å². The number of nitrogens with zero attached hydrogens (tertiary/aromatic N) is 3. The van der Waals surface area contributed by atoms with Crippen molar-refractivity contribution in [1.82, 2.24) is 30.2 Å². The van der Waals surface area contributed by atoms with Crippen LogP contribution in [0.5, 0.6) is 0 Å². The minimum atomic E-state index is -1.02. The van der Waals surface area contributed by atoms with Gasteiger partial charge in [-0.15, -0.1) is 0 Å². The van der Waals surface area contributed by atoms with Crippen molar-refractivity contribution >= 4 is 34.9 Å². The first-order valence-electron chi connectivity index (χ1n) is 13.9. The van der Waals surface area contributed by atoms with Gasteiger partial charge in [-0.1, -0.05) is 30.3 Å². The Labute approximate surface area is 252 Å². The number of aromatic amines is 1. The van der Waals surface area contributed by atoms with Crippen molar-refractivity contribution in [1.29, 1.82) is 0 Å². The highest BCUT2D eigenvalue weighted by Gasteiger charge is 2.29. The highest BCUT2D eigenvalue weighted by molar-refractivity contribution is 5.98. The number of anilines is 2. The summed E-state index contributed by atoms with van der Waals surface area (Å²) in [6.07, 6.45) is 1.14. The molecule has 0 aliphatic heterocycles. The van der Waals surface area contributed by atoms with Gasteiger partial charge >= 0.3 is 11.7 Å². The Balaban J connectivity index is 1.18. The van der Waals surface area contributed by atoms with Crippen molar-refractivity contribution in [2.75, 3.05) is 11.1 Å². The lowest BCUT2D eigenvalue weighted by Gasteiger charge is -2.16. The maximum absolute atomic E-state index is 13.3. The summed E-state index contributed by atoms with van der Waals surface area (Å²) in [5, 5.41) is 20.4. The summed E-state index contributed by atoms with van der Waals surface area (Å²) < 4.78 is 1.09. The molecule has 0 fully saturated rings. The van der Waals surface area contributed by atoms with Crippen LogP contribution < -0.4 is 38.2 Å². The number of carbonyl (C=O) groups is 3. The standard InChI is InChI=1S/C30H26N8O7/c1-13-16-7-8-19(18(16)6-5-17(13)28(43)44)34-26(41)20-10-21(38-29(35-20)36-30(45)37-38)27(42)33-12-15-4-2-3-14(9-15)11-32-23-22(31)24(39)25(23)40/h2-6,9-10,19,32H,7-8,11-12,31H2,1H3,(H,33,42)(H,34,41)(H,37,45)(H,43,44)/t19-/m0/s1. The molecule has 2 heterocycles. The zero-order valence-corrected chi connectivity index (χ0v) is 23.8. The normalized spacial score (nSPS) is 13.9. The van der Waals surface area contributed by atoms with Gasteiger partial charge in [-0.25, -0.2) is 24.2 Å². The first-order chi connectivity index (χ1) is 21.5. The van der Waals surface area contributed by atoms with Crippen LogP contribution in [0.3, 0.4) is 0 Å². The van der Waals surface area contributed by atoms with Crippen LogP contribution in [0.1, 0.15) is 71.6 Å². The maximum atomic E-state index is 13.3. The van der Waals surface area contributed by atoms with E-state index in [2.05, 4.69) is 31.0 Å². The minimum Gasteiger partial charge on any atom is -0.478 e. The Hall–Kier alpha value is -6.12. The molecule has 1 aliphatic carbocycles. The number of nitrogen functional groups attached to an aromatic ring is 1. The quantitative estimate of drug-likeness (QED) is 0.126. The second-order valence-electron chi connectivity index (χ2n) is 10.7. The Kier molecular flexibility index (Phi) is 7.20. The SMILES string of the molecule is Cc1c(C(=O)O)ccc2c1CC[C@@H]2NC(=O)c1cc(C(=O)NCc2cccc(CNc3c(N)c(=O)c3=O)c2)n2[nH]c(=O)nc2n1. The topological polar surface area (TPSA) is 231 Å². The van der Waals surface area contributed by atoms with Crippen LogP contribution in [0.4, 0.5) is 11.4 Å². The molecule has 0 radical (unpaired) electrons. The first-order valence-corrected chi connectivity index (χ1v) is 13.9. The van der Waals surface area contributed by atoms with Crippen molar-refractivity contribution in [3.05, 3.63) is 118 Å². The third-order valence-corrected chi connectivity index (χ3v) is 7.90. The van der Waals surface area contributed by atoms with Gasteiger partial charge in [-0.05, 0) is 53.6 Å². The van der Waals surface area contributed by atoms with Crippen molar-refractivity contribution < 1.29 is 19.5 Å². The lowest BCUT2D eigenvalue weighted by Crippen LogP contribution is -2.36. The van der Waals surface area contributed by atoms with E-state index in [4.69, 9.17) is 5.73 Å². The predicted molar refractivity (Wildman–Crippen MR) is 161 cm³/mol. The Morgan fingerprint density at radius 3 is 2.51 bits per heavy atom. The molecule has 0 saturated carbocycles. The smallest absolute Gasteiger partial charge is 0.363 e. The van der Waals surface area contributed by atoms with E-state index >= 15 is 0 Å². The lowest BCUT2D eigenvalue weighted by molar-refractivity contribution is 0.0695. The molecule has 0 spiro atoms. The summed E-state index contributed by atoms with van der Waals surface area (Å²) >= 11 is 0. The number of nitrogens with two attached hydrogens (primary N) is 1. The fourth-order valence-electron chi connectivity index (χ4n) is 5.56. The summed E-state index contributed by atoms with van der Waals surface area (Å²) in [5.74, 6) is -2.40. The van der Waals surface area contributed by atoms with Crippen molar-refractivity contribution in [2.45, 2.75) is 38.9 Å². The molecule has 0 unspecified atom stereocenters. The molecule has 6 rings (SSSR count). The van der Waals surface area contributed by atoms with E-state index in [1.54, 1.807) is 37.3 Å². The summed E-state index contributed by atoms with van der Waals surface area (Å²) in [7, 11) is 0. The van der Waals surface area contributed by atoms with Gasteiger partial charge in [0, 0.05) is 19.2 Å². The van der Waals surface area contributed by atoms with E-state index in [1.807, 2.05) is 0 Å². The molecule has 1 aliphatic rings. The van der Waals surface area contributed by atoms with Crippen LogP contribution >= 0.6 is 0 Å².